The first-order valence-electron chi connectivity index (χ1n) is 4.10. The molecule has 0 bridgehead atoms. The summed E-state index contributed by atoms with van der Waals surface area (Å²) in [6.07, 6.45) is 3.00. The van der Waals surface area contributed by atoms with Gasteiger partial charge in [-0.15, -0.1) is 6.58 Å². The highest BCUT2D eigenvalue weighted by atomic mass is 16.7. The van der Waals surface area contributed by atoms with Crippen LogP contribution in [0, 0.1) is 0 Å². The Morgan fingerprint density at radius 3 is 2.38 bits per heavy atom. The number of ether oxygens (including phenoxy) is 2. The molecule has 4 nitrogen and oxygen atoms in total. The van der Waals surface area contributed by atoms with Gasteiger partial charge in [-0.3, -0.25) is 4.79 Å². The monoisotopic (exact) mass is 187 g/mol. The molecule has 0 heterocycles. The summed E-state index contributed by atoms with van der Waals surface area (Å²) in [5.41, 5.74) is 0. The number of carbonyl (C=O) groups is 1. The zero-order valence-electron chi connectivity index (χ0n) is 8.42. The number of hydrogen-bond acceptors (Lipinski definition) is 3. The summed E-state index contributed by atoms with van der Waals surface area (Å²) in [4.78, 5) is 10.8. The summed E-state index contributed by atoms with van der Waals surface area (Å²) >= 11 is 0. The lowest BCUT2D eigenvalue weighted by Crippen LogP contribution is -2.50. The van der Waals surface area contributed by atoms with Crippen molar-refractivity contribution in [1.29, 1.82) is 0 Å². The quantitative estimate of drug-likeness (QED) is 0.499. The van der Waals surface area contributed by atoms with Gasteiger partial charge in [0.15, 0.2) is 0 Å². The molecule has 1 amide bonds. The van der Waals surface area contributed by atoms with Crippen LogP contribution >= 0.6 is 0 Å². The molecule has 1 N–H and O–H groups in total. The molecule has 0 spiro atoms. The van der Waals surface area contributed by atoms with Crippen molar-refractivity contribution in [3.63, 3.8) is 0 Å². The molecule has 0 aliphatic rings. The molecular formula is C9H17NO3. The average Bonchev–Trinajstić information content (AvgIpc) is 2.12. The molecular weight excluding hydrogens is 170 g/mol. The van der Waals surface area contributed by atoms with Crippen molar-refractivity contribution >= 4 is 5.91 Å². The summed E-state index contributed by atoms with van der Waals surface area (Å²) < 4.78 is 10.2. The Kier molecular flexibility index (Phi) is 5.34. The predicted molar refractivity (Wildman–Crippen MR) is 50.0 cm³/mol. The maximum Gasteiger partial charge on any atom is 0.251 e. The van der Waals surface area contributed by atoms with Crippen molar-refractivity contribution in [2.24, 2.45) is 0 Å². The maximum absolute atomic E-state index is 10.8. The topological polar surface area (TPSA) is 47.6 Å². The summed E-state index contributed by atoms with van der Waals surface area (Å²) in [5.74, 6) is -1.20. The van der Waals surface area contributed by atoms with E-state index in [1.807, 2.05) is 0 Å². The molecule has 0 aliphatic carbocycles. The van der Waals surface area contributed by atoms with Crippen LogP contribution in [0.1, 0.15) is 19.8 Å². The lowest BCUT2D eigenvalue weighted by Gasteiger charge is -2.30. The van der Waals surface area contributed by atoms with Crippen LogP contribution in [0.4, 0.5) is 0 Å². The third-order valence-electron chi connectivity index (χ3n) is 1.70. The molecule has 76 valence electrons. The number of allylic oxidation sites excluding steroid dienone is 1. The van der Waals surface area contributed by atoms with Gasteiger partial charge in [0.1, 0.15) is 0 Å². The molecule has 0 atom stereocenters. The van der Waals surface area contributed by atoms with Crippen molar-refractivity contribution in [1.82, 2.24) is 5.32 Å². The minimum absolute atomic E-state index is 0.187. The normalized spacial score (nSPS) is 11.0. The van der Waals surface area contributed by atoms with Gasteiger partial charge in [0.2, 0.25) is 5.91 Å². The van der Waals surface area contributed by atoms with Crippen LogP contribution in [0.3, 0.4) is 0 Å². The lowest BCUT2D eigenvalue weighted by molar-refractivity contribution is -0.229. The molecule has 0 unspecified atom stereocenters. The minimum atomic E-state index is -1.01. The first kappa shape index (κ1) is 12.1. The summed E-state index contributed by atoms with van der Waals surface area (Å²) in [7, 11) is 2.98. The summed E-state index contributed by atoms with van der Waals surface area (Å²) in [5, 5.41) is 2.60. The van der Waals surface area contributed by atoms with Gasteiger partial charge in [0.05, 0.1) is 0 Å². The molecule has 0 rings (SSSR count). The number of rotatable bonds is 6. The van der Waals surface area contributed by atoms with Crippen LogP contribution in [-0.4, -0.2) is 26.0 Å². The van der Waals surface area contributed by atoms with E-state index in [-0.39, 0.29) is 5.91 Å². The second-order valence-corrected chi connectivity index (χ2v) is 2.67. The standard InChI is InChI=1S/C9H17NO3/c1-5-6-7-9(12-3,13-4)10-8(2)11/h5H,1,6-7H2,2-4H3,(H,10,11). The van der Waals surface area contributed by atoms with E-state index in [1.165, 1.54) is 21.1 Å². The highest BCUT2D eigenvalue weighted by Gasteiger charge is 2.29. The summed E-state index contributed by atoms with van der Waals surface area (Å²) in [6, 6.07) is 0. The van der Waals surface area contributed by atoms with Gasteiger partial charge in [-0.25, -0.2) is 0 Å². The molecule has 4 heteroatoms. The minimum Gasteiger partial charge on any atom is -0.336 e. The van der Waals surface area contributed by atoms with Crippen LogP contribution in [-0.2, 0) is 14.3 Å². The highest BCUT2D eigenvalue weighted by Crippen LogP contribution is 2.14. The van der Waals surface area contributed by atoms with E-state index >= 15 is 0 Å². The van der Waals surface area contributed by atoms with E-state index in [0.717, 1.165) is 0 Å². The van der Waals surface area contributed by atoms with E-state index in [2.05, 4.69) is 11.9 Å². The van der Waals surface area contributed by atoms with Crippen molar-refractivity contribution in [3.05, 3.63) is 12.7 Å². The second-order valence-electron chi connectivity index (χ2n) is 2.67. The second kappa shape index (κ2) is 5.72. The van der Waals surface area contributed by atoms with E-state index in [9.17, 15) is 4.79 Å². The largest absolute Gasteiger partial charge is 0.336 e. The van der Waals surface area contributed by atoms with Crippen LogP contribution in [0.15, 0.2) is 12.7 Å². The Bertz CT molecular complexity index is 176. The van der Waals surface area contributed by atoms with Crippen LogP contribution in [0.25, 0.3) is 0 Å². The molecule has 0 fully saturated rings. The van der Waals surface area contributed by atoms with Gasteiger partial charge in [-0.1, -0.05) is 6.08 Å². The predicted octanol–water partition coefficient (Wildman–Crippen LogP) is 1.04. The van der Waals surface area contributed by atoms with Gasteiger partial charge < -0.3 is 14.8 Å². The smallest absolute Gasteiger partial charge is 0.251 e. The average molecular weight is 187 g/mol. The van der Waals surface area contributed by atoms with Crippen molar-refractivity contribution < 1.29 is 14.3 Å². The molecule has 0 aromatic rings. The third-order valence-corrected chi connectivity index (χ3v) is 1.70. The number of nitrogens with one attached hydrogen (secondary N) is 1. The van der Waals surface area contributed by atoms with Crippen LogP contribution in [0.2, 0.25) is 0 Å². The molecule has 0 aliphatic heterocycles. The molecule has 0 saturated carbocycles. The van der Waals surface area contributed by atoms with E-state index in [0.29, 0.717) is 12.8 Å². The Morgan fingerprint density at radius 2 is 2.08 bits per heavy atom. The lowest BCUT2D eigenvalue weighted by atomic mass is 10.2. The fourth-order valence-corrected chi connectivity index (χ4v) is 1.01. The molecule has 0 aromatic carbocycles. The van der Waals surface area contributed by atoms with E-state index in [4.69, 9.17) is 9.47 Å². The van der Waals surface area contributed by atoms with Crippen molar-refractivity contribution in [3.8, 4) is 0 Å². The molecule has 0 aromatic heterocycles. The van der Waals surface area contributed by atoms with Gasteiger partial charge in [0.25, 0.3) is 5.91 Å². The van der Waals surface area contributed by atoms with Crippen LogP contribution < -0.4 is 5.32 Å². The van der Waals surface area contributed by atoms with Gasteiger partial charge in [0, 0.05) is 27.6 Å². The van der Waals surface area contributed by atoms with Gasteiger partial charge in [-0.2, -0.15) is 0 Å². The van der Waals surface area contributed by atoms with Crippen molar-refractivity contribution in [2.45, 2.75) is 25.7 Å². The molecule has 13 heavy (non-hydrogen) atoms. The summed E-state index contributed by atoms with van der Waals surface area (Å²) in [6.45, 7) is 5.01. The Labute approximate surface area is 78.9 Å². The van der Waals surface area contributed by atoms with Crippen molar-refractivity contribution in [2.75, 3.05) is 14.2 Å². The number of amides is 1. The Hall–Kier alpha value is -0.870. The first-order chi connectivity index (χ1) is 6.10. The number of hydrogen-bond donors (Lipinski definition) is 1. The SMILES string of the molecule is C=CCCC(NC(C)=O)(OC)OC. The highest BCUT2D eigenvalue weighted by molar-refractivity contribution is 5.73. The number of carbonyl (C=O) groups excluding carboxylic acids is 1. The van der Waals surface area contributed by atoms with Gasteiger partial charge >= 0.3 is 0 Å². The van der Waals surface area contributed by atoms with E-state index in [1.54, 1.807) is 6.08 Å². The fourth-order valence-electron chi connectivity index (χ4n) is 1.01. The van der Waals surface area contributed by atoms with Crippen LogP contribution in [0.5, 0.6) is 0 Å². The molecule has 0 radical (unpaired) electrons. The zero-order valence-corrected chi connectivity index (χ0v) is 8.42. The fraction of sp³-hybridized carbons (Fsp3) is 0.667. The first-order valence-corrected chi connectivity index (χ1v) is 4.10. The van der Waals surface area contributed by atoms with Gasteiger partial charge in [-0.05, 0) is 6.42 Å². The third kappa shape index (κ3) is 4.05. The maximum atomic E-state index is 10.8. The Morgan fingerprint density at radius 1 is 1.54 bits per heavy atom. The number of methoxy groups -OCH3 is 2. The molecule has 0 saturated heterocycles. The zero-order chi connectivity index (χ0) is 10.3. The Balaban J connectivity index is 4.29. The van der Waals surface area contributed by atoms with E-state index < -0.39 is 5.91 Å².